The van der Waals surface area contributed by atoms with E-state index in [1.165, 1.54) is 12.1 Å². The van der Waals surface area contributed by atoms with Crippen LogP contribution in [0.3, 0.4) is 0 Å². The number of H-pyrrole nitrogens is 1. The number of nitrogen functional groups attached to an aromatic ring is 1. The number of aromatic amines is 1. The van der Waals surface area contributed by atoms with Gasteiger partial charge in [0.05, 0.1) is 11.0 Å². The van der Waals surface area contributed by atoms with Crippen LogP contribution in [0.1, 0.15) is 0 Å². The molecule has 0 saturated carbocycles. The van der Waals surface area contributed by atoms with Gasteiger partial charge in [-0.15, -0.1) is 0 Å². The van der Waals surface area contributed by atoms with Crippen molar-refractivity contribution in [2.24, 2.45) is 0 Å². The summed E-state index contributed by atoms with van der Waals surface area (Å²) in [5.41, 5.74) is 9.05. The van der Waals surface area contributed by atoms with Gasteiger partial charge in [0.2, 0.25) is 0 Å². The molecule has 0 radical (unpaired) electrons. The van der Waals surface area contributed by atoms with Crippen molar-refractivity contribution in [3.8, 4) is 11.1 Å². The van der Waals surface area contributed by atoms with E-state index in [0.29, 0.717) is 5.82 Å². The lowest BCUT2D eigenvalue weighted by molar-refractivity contribution is 0.630. The predicted octanol–water partition coefficient (Wildman–Crippen LogP) is 3.50. The lowest BCUT2D eigenvalue weighted by atomic mass is 10.0. The van der Waals surface area contributed by atoms with Gasteiger partial charge in [0.1, 0.15) is 5.82 Å². The molecule has 4 nitrogen and oxygen atoms in total. The highest BCUT2D eigenvalue weighted by Crippen LogP contribution is 2.31. The Morgan fingerprint density at radius 3 is 2.90 bits per heavy atom. The van der Waals surface area contributed by atoms with Gasteiger partial charge in [-0.25, -0.2) is 4.39 Å². The molecule has 4 aromatic rings. The van der Waals surface area contributed by atoms with Crippen molar-refractivity contribution < 1.29 is 4.39 Å². The molecule has 0 unspecified atom stereocenters. The Balaban J connectivity index is 2.05. The number of nitrogens with two attached hydrogens (primary N) is 1. The van der Waals surface area contributed by atoms with Gasteiger partial charge in [-0.1, -0.05) is 12.1 Å². The van der Waals surface area contributed by atoms with Gasteiger partial charge in [-0.3, -0.25) is 10.1 Å². The molecule has 102 valence electrons. The number of fused-ring (bicyclic) bond motifs is 2. The summed E-state index contributed by atoms with van der Waals surface area (Å²) in [6.07, 6.45) is 1.70. The van der Waals surface area contributed by atoms with E-state index in [0.717, 1.165) is 32.9 Å². The highest BCUT2D eigenvalue weighted by Gasteiger charge is 2.10. The number of nitrogens with zero attached hydrogens (tertiary/aromatic N) is 2. The molecule has 2 aromatic heterocycles. The van der Waals surface area contributed by atoms with Crippen molar-refractivity contribution in [2.75, 3.05) is 5.73 Å². The quantitative estimate of drug-likeness (QED) is 0.560. The molecule has 21 heavy (non-hydrogen) atoms. The normalized spacial score (nSPS) is 11.3. The van der Waals surface area contributed by atoms with Crippen LogP contribution in [0.15, 0.2) is 48.7 Å². The van der Waals surface area contributed by atoms with E-state index in [1.807, 2.05) is 24.3 Å². The van der Waals surface area contributed by atoms with E-state index in [9.17, 15) is 4.39 Å². The Labute approximate surface area is 119 Å². The standard InChI is InChI=1S/C16H11FN4/c17-11-6-10-2-1-5-19-15(10)12(8-11)9-3-4-14-13(7-9)16(18)21-20-14/h1-8H,(H3,18,20,21). The van der Waals surface area contributed by atoms with Crippen LogP contribution in [-0.4, -0.2) is 15.2 Å². The van der Waals surface area contributed by atoms with Crippen molar-refractivity contribution in [3.63, 3.8) is 0 Å². The van der Waals surface area contributed by atoms with Crippen molar-refractivity contribution >= 4 is 27.6 Å². The topological polar surface area (TPSA) is 67.6 Å². The summed E-state index contributed by atoms with van der Waals surface area (Å²) < 4.78 is 13.8. The van der Waals surface area contributed by atoms with Crippen LogP contribution in [0.25, 0.3) is 32.9 Å². The molecular formula is C16H11FN4. The minimum absolute atomic E-state index is 0.286. The van der Waals surface area contributed by atoms with Gasteiger partial charge in [-0.2, -0.15) is 5.10 Å². The zero-order valence-electron chi connectivity index (χ0n) is 11.0. The summed E-state index contributed by atoms with van der Waals surface area (Å²) in [5, 5.41) is 8.42. The largest absolute Gasteiger partial charge is 0.382 e. The lowest BCUT2D eigenvalue weighted by Gasteiger charge is -2.07. The number of rotatable bonds is 1. The Morgan fingerprint density at radius 2 is 2.00 bits per heavy atom. The van der Waals surface area contributed by atoms with Crippen LogP contribution in [-0.2, 0) is 0 Å². The molecule has 0 spiro atoms. The fourth-order valence-electron chi connectivity index (χ4n) is 2.58. The van der Waals surface area contributed by atoms with E-state index >= 15 is 0 Å². The van der Waals surface area contributed by atoms with Crippen LogP contribution < -0.4 is 5.73 Å². The maximum Gasteiger partial charge on any atom is 0.153 e. The van der Waals surface area contributed by atoms with Gasteiger partial charge >= 0.3 is 0 Å². The van der Waals surface area contributed by atoms with Gasteiger partial charge in [0.15, 0.2) is 5.82 Å². The predicted molar refractivity (Wildman–Crippen MR) is 81.2 cm³/mol. The molecule has 0 aliphatic heterocycles. The van der Waals surface area contributed by atoms with Gasteiger partial charge in [0, 0.05) is 22.5 Å². The van der Waals surface area contributed by atoms with Crippen LogP contribution in [0.5, 0.6) is 0 Å². The zero-order valence-corrected chi connectivity index (χ0v) is 11.0. The smallest absolute Gasteiger partial charge is 0.153 e. The molecule has 0 aliphatic rings. The maximum absolute atomic E-state index is 13.8. The third-order valence-electron chi connectivity index (χ3n) is 3.57. The number of anilines is 1. The number of nitrogens with one attached hydrogen (secondary N) is 1. The molecule has 5 heteroatoms. The third kappa shape index (κ3) is 1.82. The minimum atomic E-state index is -0.286. The first-order chi connectivity index (χ1) is 10.2. The number of pyridine rings is 1. The number of aromatic nitrogens is 3. The van der Waals surface area contributed by atoms with Crippen LogP contribution in [0, 0.1) is 5.82 Å². The highest BCUT2D eigenvalue weighted by molar-refractivity contribution is 5.98. The maximum atomic E-state index is 13.8. The highest BCUT2D eigenvalue weighted by atomic mass is 19.1. The summed E-state index contributed by atoms with van der Waals surface area (Å²) >= 11 is 0. The molecule has 4 rings (SSSR count). The van der Waals surface area contributed by atoms with E-state index < -0.39 is 0 Å². The van der Waals surface area contributed by atoms with E-state index in [2.05, 4.69) is 15.2 Å². The van der Waals surface area contributed by atoms with Gasteiger partial charge in [0.25, 0.3) is 0 Å². The minimum Gasteiger partial charge on any atom is -0.382 e. The third-order valence-corrected chi connectivity index (χ3v) is 3.57. The summed E-state index contributed by atoms with van der Waals surface area (Å²) in [6, 6.07) is 12.3. The first-order valence-corrected chi connectivity index (χ1v) is 6.50. The first-order valence-electron chi connectivity index (χ1n) is 6.50. The number of benzene rings is 2. The summed E-state index contributed by atoms with van der Waals surface area (Å²) in [7, 11) is 0. The molecule has 0 saturated heterocycles. The molecular weight excluding hydrogens is 267 g/mol. The number of hydrogen-bond donors (Lipinski definition) is 2. The Kier molecular flexibility index (Phi) is 2.41. The Bertz CT molecular complexity index is 975. The summed E-state index contributed by atoms with van der Waals surface area (Å²) in [4.78, 5) is 4.37. The SMILES string of the molecule is Nc1n[nH]c2ccc(-c3cc(F)cc4cccnc34)cc12. The molecule has 0 fully saturated rings. The average molecular weight is 278 g/mol. The van der Waals surface area contributed by atoms with Crippen molar-refractivity contribution in [2.45, 2.75) is 0 Å². The second kappa shape index (κ2) is 4.28. The number of hydrogen-bond acceptors (Lipinski definition) is 3. The molecule has 0 amide bonds. The molecule has 3 N–H and O–H groups in total. The fourth-order valence-corrected chi connectivity index (χ4v) is 2.58. The van der Waals surface area contributed by atoms with E-state index in [4.69, 9.17) is 5.73 Å². The van der Waals surface area contributed by atoms with Crippen molar-refractivity contribution in [1.82, 2.24) is 15.2 Å². The number of halogens is 1. The lowest BCUT2D eigenvalue weighted by Crippen LogP contribution is -1.88. The van der Waals surface area contributed by atoms with E-state index in [-0.39, 0.29) is 5.82 Å². The van der Waals surface area contributed by atoms with Crippen LogP contribution in [0.4, 0.5) is 10.2 Å². The van der Waals surface area contributed by atoms with Crippen molar-refractivity contribution in [3.05, 3.63) is 54.5 Å². The summed E-state index contributed by atoms with van der Waals surface area (Å²) in [6.45, 7) is 0. The fraction of sp³-hybridized carbons (Fsp3) is 0. The second-order valence-corrected chi connectivity index (χ2v) is 4.90. The van der Waals surface area contributed by atoms with Crippen LogP contribution >= 0.6 is 0 Å². The molecule has 0 bridgehead atoms. The van der Waals surface area contributed by atoms with Crippen molar-refractivity contribution in [1.29, 1.82) is 0 Å². The Hall–Kier alpha value is -2.95. The first kappa shape index (κ1) is 11.8. The van der Waals surface area contributed by atoms with Crippen LogP contribution in [0.2, 0.25) is 0 Å². The molecule has 0 aliphatic carbocycles. The average Bonchev–Trinajstić information content (AvgIpc) is 2.87. The molecule has 0 atom stereocenters. The van der Waals surface area contributed by atoms with Gasteiger partial charge < -0.3 is 5.73 Å². The summed E-state index contributed by atoms with van der Waals surface area (Å²) in [5.74, 6) is 0.145. The second-order valence-electron chi connectivity index (χ2n) is 4.90. The monoisotopic (exact) mass is 278 g/mol. The molecule has 2 heterocycles. The van der Waals surface area contributed by atoms with Gasteiger partial charge in [-0.05, 0) is 35.9 Å². The Morgan fingerprint density at radius 1 is 1.10 bits per heavy atom. The molecule has 2 aromatic carbocycles. The van der Waals surface area contributed by atoms with E-state index in [1.54, 1.807) is 12.3 Å². The zero-order chi connectivity index (χ0) is 14.4.